The van der Waals surface area contributed by atoms with E-state index in [9.17, 15) is 14.9 Å². The molecule has 0 aromatic rings. The second-order valence-corrected chi connectivity index (χ2v) is 17.5. The average molecular weight is 744 g/mol. The number of nitro groups is 1. The molecule has 0 aliphatic carbocycles. The average Bonchev–Trinajstić information content (AvgIpc) is 3.80. The Morgan fingerprint density at radius 2 is 1.55 bits per heavy atom. The predicted octanol–water partition coefficient (Wildman–Crippen LogP) is 4.79. The lowest BCUT2D eigenvalue weighted by atomic mass is 9.81. The normalized spacial score (nSPS) is 50.9. The van der Waals surface area contributed by atoms with Gasteiger partial charge in [0.1, 0.15) is 36.3 Å². The van der Waals surface area contributed by atoms with Gasteiger partial charge in [-0.1, -0.05) is 20.1 Å². The molecule has 0 N–H and O–H groups in total. The van der Waals surface area contributed by atoms with E-state index in [1.807, 2.05) is 0 Å². The predicted molar refractivity (Wildman–Crippen MR) is 188 cm³/mol. The van der Waals surface area contributed by atoms with Gasteiger partial charge in [0.15, 0.2) is 5.79 Å². The van der Waals surface area contributed by atoms with E-state index >= 15 is 0 Å². The highest BCUT2D eigenvalue weighted by Crippen LogP contribution is 2.54. The molecule has 10 aliphatic heterocycles. The molecule has 0 aromatic heterocycles. The fourth-order valence-corrected chi connectivity index (χ4v) is 11.4. The number of ketones is 1. The highest BCUT2D eigenvalue weighted by Gasteiger charge is 2.68. The Bertz CT molecular complexity index is 1440. The van der Waals surface area contributed by atoms with E-state index < -0.39 is 5.79 Å². The zero-order valence-corrected chi connectivity index (χ0v) is 31.2. The van der Waals surface area contributed by atoms with E-state index in [4.69, 9.17) is 42.6 Å². The van der Waals surface area contributed by atoms with Crippen LogP contribution in [0.15, 0.2) is 24.3 Å². The molecule has 12 bridgehead atoms. The molecule has 294 valence electrons. The minimum Gasteiger partial charge on any atom is -0.378 e. The summed E-state index contributed by atoms with van der Waals surface area (Å²) in [6.45, 7) is 11.0. The largest absolute Gasteiger partial charge is 0.378 e. The monoisotopic (exact) mass is 743 g/mol. The lowest BCUT2D eigenvalue weighted by Crippen LogP contribution is -2.61. The molecule has 0 aromatic carbocycles. The Kier molecular flexibility index (Phi) is 10.1. The topological polar surface area (TPSA) is 143 Å². The van der Waals surface area contributed by atoms with Crippen molar-refractivity contribution in [2.75, 3.05) is 13.7 Å². The van der Waals surface area contributed by atoms with Gasteiger partial charge in [-0.15, -0.1) is 0 Å². The number of fused-ring (bicyclic) bond motifs is 6. The molecule has 13 heteroatoms. The zero-order valence-electron chi connectivity index (χ0n) is 31.2. The van der Waals surface area contributed by atoms with Crippen molar-refractivity contribution in [2.45, 2.75) is 194 Å². The molecule has 10 aliphatic rings. The van der Waals surface area contributed by atoms with E-state index in [-0.39, 0.29) is 133 Å². The first-order valence-corrected chi connectivity index (χ1v) is 20.4. The Balaban J connectivity index is 0.984. The van der Waals surface area contributed by atoms with E-state index in [0.717, 1.165) is 49.7 Å². The standard InChI is InChI=1S/C40H57NO12/c1-20-14-24-7-9-28-21(2)15-26(46-28)11-12-40-19-33-36(52-40)37-38(51-33)39(53-40)35-30(50-37)10-8-25(48-35)16-23(42)17-27-32(18-31(47-24)22(20)3)49-29(34(27)45-4)6-5-13-41(43)44/h20,24-39H,2-3,5-19H2,1,4H3/t20?,24-,25?,26-,27?,28-,29?,30?,31?,32-,33+,34+,35-,36?,37-,38+,39?,40-/m0/s1. The molecule has 53 heavy (non-hydrogen) atoms. The smallest absolute Gasteiger partial charge is 0.204 e. The van der Waals surface area contributed by atoms with Gasteiger partial charge in [-0.3, -0.25) is 14.9 Å². The molecule has 1 spiro atoms. The van der Waals surface area contributed by atoms with Gasteiger partial charge in [-0.2, -0.15) is 0 Å². The third-order valence-electron chi connectivity index (χ3n) is 14.0. The van der Waals surface area contributed by atoms with Crippen LogP contribution in [0.4, 0.5) is 0 Å². The van der Waals surface area contributed by atoms with Gasteiger partial charge in [-0.05, 0) is 68.4 Å². The second kappa shape index (κ2) is 14.6. The molecular formula is C40H57NO12. The van der Waals surface area contributed by atoms with E-state index in [1.54, 1.807) is 7.11 Å². The van der Waals surface area contributed by atoms with Crippen molar-refractivity contribution in [1.29, 1.82) is 0 Å². The van der Waals surface area contributed by atoms with Crippen LogP contribution in [0.25, 0.3) is 0 Å². The summed E-state index contributed by atoms with van der Waals surface area (Å²) < 4.78 is 60.0. The molecule has 10 heterocycles. The van der Waals surface area contributed by atoms with Crippen LogP contribution in [0.3, 0.4) is 0 Å². The van der Waals surface area contributed by atoms with Gasteiger partial charge in [0.25, 0.3) is 0 Å². The quantitative estimate of drug-likeness (QED) is 0.217. The van der Waals surface area contributed by atoms with Gasteiger partial charge >= 0.3 is 0 Å². The van der Waals surface area contributed by atoms with Gasteiger partial charge in [0, 0.05) is 56.5 Å². The maximum atomic E-state index is 14.1. The van der Waals surface area contributed by atoms with Crippen molar-refractivity contribution in [1.82, 2.24) is 0 Å². The molecule has 13 nitrogen and oxygen atoms in total. The zero-order chi connectivity index (χ0) is 36.6. The maximum Gasteiger partial charge on any atom is 0.204 e. The minimum absolute atomic E-state index is 0.0276. The van der Waals surface area contributed by atoms with Gasteiger partial charge in [0.05, 0.1) is 61.0 Å². The number of nitrogens with zero attached hydrogens (tertiary/aromatic N) is 1. The number of Topliss-reactive ketones (excluding diaryl/α,β-unsaturated/α-hetero) is 1. The molecule has 10 saturated heterocycles. The van der Waals surface area contributed by atoms with Gasteiger partial charge < -0.3 is 42.6 Å². The van der Waals surface area contributed by atoms with Crippen LogP contribution < -0.4 is 0 Å². The number of ether oxygens (including phenoxy) is 9. The Hall–Kier alpha value is -1.81. The van der Waals surface area contributed by atoms with Crippen molar-refractivity contribution in [3.05, 3.63) is 34.4 Å². The summed E-state index contributed by atoms with van der Waals surface area (Å²) in [5, 5.41) is 11.2. The molecule has 10 rings (SSSR count). The number of methoxy groups -OCH3 is 1. The molecule has 18 atom stereocenters. The first-order chi connectivity index (χ1) is 25.6. The highest BCUT2D eigenvalue weighted by molar-refractivity contribution is 5.79. The summed E-state index contributed by atoms with van der Waals surface area (Å²) in [6, 6.07) is 0. The molecular weight excluding hydrogens is 686 g/mol. The maximum absolute atomic E-state index is 14.1. The minimum atomic E-state index is -0.792. The first kappa shape index (κ1) is 36.8. The number of rotatable bonds is 5. The van der Waals surface area contributed by atoms with E-state index in [2.05, 4.69) is 20.1 Å². The summed E-state index contributed by atoms with van der Waals surface area (Å²) in [5.41, 5.74) is 2.17. The van der Waals surface area contributed by atoms with Crippen LogP contribution in [0.1, 0.15) is 96.8 Å². The molecule has 0 radical (unpaired) electrons. The summed E-state index contributed by atoms with van der Waals surface area (Å²) in [6.07, 6.45) is 5.78. The summed E-state index contributed by atoms with van der Waals surface area (Å²) >= 11 is 0. The molecule has 0 saturated carbocycles. The first-order valence-electron chi connectivity index (χ1n) is 20.4. The second-order valence-electron chi connectivity index (χ2n) is 17.5. The van der Waals surface area contributed by atoms with Crippen molar-refractivity contribution in [3.63, 3.8) is 0 Å². The van der Waals surface area contributed by atoms with Crippen molar-refractivity contribution in [3.8, 4) is 0 Å². The van der Waals surface area contributed by atoms with E-state index in [0.29, 0.717) is 38.5 Å². The SMILES string of the molecule is C=C1C(C)C[C@@H]2CC[C@@H]3O[C@@H](CC[C@@]45C[C@H]6O[C@H]7C(O4)[C@H]4OC(CCC4O[C@H]7C6O5)CC(=O)CC4[C@@H](OC)C(CCC[N+](=O)[O-])O[C@H]4CC1O2)CC3=C. The number of hydrogen-bond acceptors (Lipinski definition) is 12. The Labute approximate surface area is 311 Å². The molecule has 10 fully saturated rings. The third-order valence-corrected chi connectivity index (χ3v) is 14.0. The van der Waals surface area contributed by atoms with Crippen LogP contribution in [0, 0.1) is 22.0 Å². The Morgan fingerprint density at radius 3 is 2.38 bits per heavy atom. The third kappa shape index (κ3) is 6.98. The fourth-order valence-electron chi connectivity index (χ4n) is 11.4. The lowest BCUT2D eigenvalue weighted by Gasteiger charge is -2.47. The van der Waals surface area contributed by atoms with Crippen LogP contribution in [-0.4, -0.2) is 122 Å². The summed E-state index contributed by atoms with van der Waals surface area (Å²) in [5.74, 6) is -0.680. The van der Waals surface area contributed by atoms with Crippen LogP contribution >= 0.6 is 0 Å². The lowest BCUT2D eigenvalue weighted by molar-refractivity contribution is -0.480. The molecule has 0 amide bonds. The summed E-state index contributed by atoms with van der Waals surface area (Å²) in [7, 11) is 1.64. The molecule has 8 unspecified atom stereocenters. The summed E-state index contributed by atoms with van der Waals surface area (Å²) in [4.78, 5) is 24.9. The number of carbonyl (C=O) groups excluding carboxylic acids is 1. The van der Waals surface area contributed by atoms with E-state index in [1.165, 1.54) is 0 Å². The van der Waals surface area contributed by atoms with Gasteiger partial charge in [-0.25, -0.2) is 0 Å². The van der Waals surface area contributed by atoms with Gasteiger partial charge in [0.2, 0.25) is 6.54 Å². The van der Waals surface area contributed by atoms with Crippen molar-refractivity contribution in [2.24, 2.45) is 11.8 Å². The van der Waals surface area contributed by atoms with Crippen molar-refractivity contribution < 1.29 is 52.3 Å². The number of carbonyl (C=O) groups is 1. The van der Waals surface area contributed by atoms with Crippen LogP contribution in [-0.2, 0) is 47.4 Å². The fraction of sp³-hybridized carbons (Fsp3) is 0.875. The highest BCUT2D eigenvalue weighted by atomic mass is 16.8. The number of hydrogen-bond donors (Lipinski definition) is 0. The van der Waals surface area contributed by atoms with Crippen LogP contribution in [0.5, 0.6) is 0 Å². The van der Waals surface area contributed by atoms with Crippen LogP contribution in [0.2, 0.25) is 0 Å². The Morgan fingerprint density at radius 1 is 0.792 bits per heavy atom. The van der Waals surface area contributed by atoms with Crippen molar-refractivity contribution >= 4 is 5.78 Å².